The number of benzene rings is 1. The highest BCUT2D eigenvalue weighted by Crippen LogP contribution is 2.30. The van der Waals surface area contributed by atoms with E-state index >= 15 is 0 Å². The van der Waals surface area contributed by atoms with Crippen LogP contribution in [0.3, 0.4) is 0 Å². The van der Waals surface area contributed by atoms with Crippen molar-refractivity contribution in [3.63, 3.8) is 0 Å². The summed E-state index contributed by atoms with van der Waals surface area (Å²) in [6, 6.07) is 9.24. The first-order chi connectivity index (χ1) is 11.0. The molecule has 1 N–H and O–H groups in total. The molecule has 2 saturated heterocycles. The van der Waals surface area contributed by atoms with Crippen molar-refractivity contribution in [3.8, 4) is 5.75 Å². The maximum atomic E-state index is 12.2. The van der Waals surface area contributed by atoms with Crippen molar-refractivity contribution in [1.82, 2.24) is 10.2 Å². The molecule has 3 rings (SSSR count). The summed E-state index contributed by atoms with van der Waals surface area (Å²) in [5, 5.41) is 2.92. The Morgan fingerprint density at radius 2 is 1.96 bits per heavy atom. The lowest BCUT2D eigenvalue weighted by atomic mass is 9.85. The Hall–Kier alpha value is -2.08. The normalized spacial score (nSPS) is 20.9. The maximum Gasteiger partial charge on any atom is 0.261 e. The van der Waals surface area contributed by atoms with Crippen LogP contribution in [-0.2, 0) is 14.3 Å². The minimum absolute atomic E-state index is 0.00197. The molecule has 2 amide bonds. The van der Waals surface area contributed by atoms with Gasteiger partial charge in [-0.05, 0) is 26.0 Å². The van der Waals surface area contributed by atoms with Crippen LogP contribution in [-0.4, -0.2) is 55.2 Å². The van der Waals surface area contributed by atoms with E-state index in [1.54, 1.807) is 11.8 Å². The molecule has 1 aromatic carbocycles. The van der Waals surface area contributed by atoms with Crippen LogP contribution >= 0.6 is 0 Å². The predicted octanol–water partition coefficient (Wildman–Crippen LogP) is 0.817. The summed E-state index contributed by atoms with van der Waals surface area (Å²) in [6.07, 6.45) is -0.570. The molecule has 1 atom stereocenters. The molecule has 0 spiro atoms. The summed E-state index contributed by atoms with van der Waals surface area (Å²) in [6.45, 7) is 5.72. The average Bonchev–Trinajstić information content (AvgIpc) is 2.48. The van der Waals surface area contributed by atoms with Gasteiger partial charge in [-0.2, -0.15) is 0 Å². The molecular formula is C17H22N2O4. The molecule has 124 valence electrons. The lowest BCUT2D eigenvalue weighted by Crippen LogP contribution is -2.66. The van der Waals surface area contributed by atoms with Gasteiger partial charge >= 0.3 is 0 Å². The molecule has 6 nitrogen and oxygen atoms in total. The Morgan fingerprint density at radius 1 is 1.30 bits per heavy atom. The zero-order valence-corrected chi connectivity index (χ0v) is 13.5. The van der Waals surface area contributed by atoms with E-state index in [0.717, 1.165) is 0 Å². The second-order valence-corrected chi connectivity index (χ2v) is 6.54. The van der Waals surface area contributed by atoms with E-state index < -0.39 is 6.10 Å². The van der Waals surface area contributed by atoms with E-state index in [1.807, 2.05) is 37.3 Å². The second-order valence-electron chi connectivity index (χ2n) is 6.54. The van der Waals surface area contributed by atoms with Gasteiger partial charge in [0, 0.05) is 13.1 Å². The fraction of sp³-hybridized carbons (Fsp3) is 0.529. The summed E-state index contributed by atoms with van der Waals surface area (Å²) in [5.41, 5.74) is -0.376. The van der Waals surface area contributed by atoms with E-state index in [4.69, 9.17) is 9.47 Å². The Balaban J connectivity index is 1.42. The molecule has 2 heterocycles. The van der Waals surface area contributed by atoms with Crippen molar-refractivity contribution < 1.29 is 19.1 Å². The van der Waals surface area contributed by atoms with Gasteiger partial charge in [0.1, 0.15) is 5.75 Å². The van der Waals surface area contributed by atoms with Crippen molar-refractivity contribution in [2.75, 3.05) is 26.3 Å². The molecule has 2 fully saturated rings. The maximum absolute atomic E-state index is 12.2. The van der Waals surface area contributed by atoms with Gasteiger partial charge in [-0.25, -0.2) is 0 Å². The van der Waals surface area contributed by atoms with Gasteiger partial charge in [0.2, 0.25) is 5.91 Å². The van der Waals surface area contributed by atoms with Gasteiger partial charge in [0.15, 0.2) is 6.10 Å². The number of hydrogen-bond acceptors (Lipinski definition) is 4. The topological polar surface area (TPSA) is 67.9 Å². The van der Waals surface area contributed by atoms with Crippen LogP contribution in [0.2, 0.25) is 0 Å². The molecule has 2 aliphatic rings. The lowest BCUT2D eigenvalue weighted by Gasteiger charge is -2.46. The Kier molecular flexibility index (Phi) is 4.26. The molecule has 6 heteroatoms. The molecule has 2 aliphatic heterocycles. The van der Waals surface area contributed by atoms with Crippen molar-refractivity contribution in [2.24, 2.45) is 5.41 Å². The lowest BCUT2D eigenvalue weighted by molar-refractivity contribution is -0.174. The standard InChI is InChI=1S/C17H22N2O4/c1-12(23-14-6-4-3-5-7-14)15(20)18-13-8-19(9-13)16(21)17(2)10-22-11-17/h3-7,12-13H,8-11H2,1-2H3,(H,18,20). The van der Waals surface area contributed by atoms with Crippen LogP contribution in [0.1, 0.15) is 13.8 Å². The quantitative estimate of drug-likeness (QED) is 0.873. The van der Waals surface area contributed by atoms with Gasteiger partial charge in [0.25, 0.3) is 5.91 Å². The zero-order chi connectivity index (χ0) is 16.4. The molecule has 0 saturated carbocycles. The molecule has 0 bridgehead atoms. The molecule has 0 aromatic heterocycles. The number of nitrogens with zero attached hydrogens (tertiary/aromatic N) is 1. The number of carbonyl (C=O) groups excluding carboxylic acids is 2. The van der Waals surface area contributed by atoms with Crippen LogP contribution in [0.25, 0.3) is 0 Å². The molecule has 1 aromatic rings. The number of amides is 2. The number of carbonyl (C=O) groups is 2. The highest BCUT2D eigenvalue weighted by molar-refractivity contribution is 5.85. The van der Waals surface area contributed by atoms with Gasteiger partial charge in [-0.15, -0.1) is 0 Å². The first kappa shape index (κ1) is 15.8. The Labute approximate surface area is 135 Å². The van der Waals surface area contributed by atoms with Crippen molar-refractivity contribution in [3.05, 3.63) is 30.3 Å². The van der Waals surface area contributed by atoms with E-state index in [9.17, 15) is 9.59 Å². The minimum atomic E-state index is -0.570. The summed E-state index contributed by atoms with van der Waals surface area (Å²) in [5.74, 6) is 0.616. The van der Waals surface area contributed by atoms with Gasteiger partial charge in [0.05, 0.1) is 24.7 Å². The molecule has 0 aliphatic carbocycles. The predicted molar refractivity (Wildman–Crippen MR) is 84.0 cm³/mol. The van der Waals surface area contributed by atoms with Crippen LogP contribution in [0.4, 0.5) is 0 Å². The summed E-state index contributed by atoms with van der Waals surface area (Å²) < 4.78 is 10.7. The SMILES string of the molecule is CC(Oc1ccccc1)C(=O)NC1CN(C(=O)C2(C)COC2)C1. The summed E-state index contributed by atoms with van der Waals surface area (Å²) in [7, 11) is 0. The molecule has 1 unspecified atom stereocenters. The van der Waals surface area contributed by atoms with Crippen LogP contribution in [0.5, 0.6) is 5.75 Å². The van der Waals surface area contributed by atoms with E-state index in [1.165, 1.54) is 0 Å². The molecular weight excluding hydrogens is 296 g/mol. The number of para-hydroxylation sites is 1. The average molecular weight is 318 g/mol. The van der Waals surface area contributed by atoms with Crippen LogP contribution in [0.15, 0.2) is 30.3 Å². The monoisotopic (exact) mass is 318 g/mol. The van der Waals surface area contributed by atoms with Gasteiger partial charge in [-0.1, -0.05) is 18.2 Å². The second kappa shape index (κ2) is 6.20. The zero-order valence-electron chi connectivity index (χ0n) is 13.5. The summed E-state index contributed by atoms with van der Waals surface area (Å²) >= 11 is 0. The Morgan fingerprint density at radius 3 is 2.52 bits per heavy atom. The fourth-order valence-electron chi connectivity index (χ4n) is 2.72. The third-order valence-corrected chi connectivity index (χ3v) is 4.30. The van der Waals surface area contributed by atoms with Crippen molar-refractivity contribution in [1.29, 1.82) is 0 Å². The number of rotatable bonds is 5. The third-order valence-electron chi connectivity index (χ3n) is 4.30. The van der Waals surface area contributed by atoms with E-state index in [0.29, 0.717) is 32.1 Å². The van der Waals surface area contributed by atoms with Crippen LogP contribution in [0, 0.1) is 5.41 Å². The number of ether oxygens (including phenoxy) is 2. The highest BCUT2D eigenvalue weighted by atomic mass is 16.5. The highest BCUT2D eigenvalue weighted by Gasteiger charge is 2.46. The van der Waals surface area contributed by atoms with Crippen molar-refractivity contribution >= 4 is 11.8 Å². The summed E-state index contributed by atoms with van der Waals surface area (Å²) in [4.78, 5) is 26.2. The van der Waals surface area contributed by atoms with E-state index in [-0.39, 0.29) is 23.3 Å². The third kappa shape index (κ3) is 3.32. The number of likely N-dealkylation sites (tertiary alicyclic amines) is 1. The first-order valence-electron chi connectivity index (χ1n) is 7.87. The number of nitrogens with one attached hydrogen (secondary N) is 1. The fourth-order valence-corrected chi connectivity index (χ4v) is 2.72. The molecule has 0 radical (unpaired) electrons. The first-order valence-corrected chi connectivity index (χ1v) is 7.87. The molecule has 23 heavy (non-hydrogen) atoms. The largest absolute Gasteiger partial charge is 0.481 e. The number of hydrogen-bond donors (Lipinski definition) is 1. The van der Waals surface area contributed by atoms with Crippen molar-refractivity contribution in [2.45, 2.75) is 26.0 Å². The minimum Gasteiger partial charge on any atom is -0.481 e. The van der Waals surface area contributed by atoms with Crippen LogP contribution < -0.4 is 10.1 Å². The van der Waals surface area contributed by atoms with Gasteiger partial charge in [-0.3, -0.25) is 9.59 Å². The Bertz CT molecular complexity index is 580. The van der Waals surface area contributed by atoms with E-state index in [2.05, 4.69) is 5.32 Å². The smallest absolute Gasteiger partial charge is 0.261 e. The van der Waals surface area contributed by atoms with Gasteiger partial charge < -0.3 is 19.7 Å².